The third-order valence-corrected chi connectivity index (χ3v) is 4.63. The first kappa shape index (κ1) is 17.1. The van der Waals surface area contributed by atoms with Crippen LogP contribution in [0.25, 0.3) is 0 Å². The Hall–Kier alpha value is -1.24. The molecule has 2 aromatic rings. The third kappa shape index (κ3) is 4.90. The summed E-state index contributed by atoms with van der Waals surface area (Å²) in [5.41, 5.74) is 7.03. The molecule has 7 heteroatoms. The molecule has 0 atom stereocenters. The number of benzene rings is 2. The van der Waals surface area contributed by atoms with E-state index in [1.807, 2.05) is 30.3 Å². The predicted octanol–water partition coefficient (Wildman–Crippen LogP) is 4.34. The van der Waals surface area contributed by atoms with Crippen molar-refractivity contribution in [2.24, 2.45) is 5.73 Å². The lowest BCUT2D eigenvalue weighted by atomic mass is 10.2. The molecule has 3 N–H and O–H groups in total. The molecule has 0 radical (unpaired) electrons. The molecule has 116 valence electrons. The molecule has 22 heavy (non-hydrogen) atoms. The summed E-state index contributed by atoms with van der Waals surface area (Å²) >= 11 is 12.8. The summed E-state index contributed by atoms with van der Waals surface area (Å²) in [6.45, 7) is 0.486. The fraction of sp³-hybridized carbons (Fsp3) is 0.133. The highest BCUT2D eigenvalue weighted by Crippen LogP contribution is 2.28. The number of hydrogen-bond acceptors (Lipinski definition) is 3. The number of rotatable bonds is 6. The Bertz CT molecular complexity index is 695. The highest BCUT2D eigenvalue weighted by molar-refractivity contribution is 9.10. The minimum atomic E-state index is -0.509. The van der Waals surface area contributed by atoms with E-state index in [0.717, 1.165) is 20.2 Å². The number of carbonyl (C=O) groups is 1. The number of carbonyl (C=O) groups excluding carboxylic acids is 1. The van der Waals surface area contributed by atoms with Crippen molar-refractivity contribution in [2.75, 3.05) is 11.9 Å². The van der Waals surface area contributed by atoms with Crippen LogP contribution in [0.2, 0.25) is 5.02 Å². The van der Waals surface area contributed by atoms with Crippen molar-refractivity contribution in [1.29, 1.82) is 0 Å². The predicted molar refractivity (Wildman–Crippen MR) is 95.3 cm³/mol. The van der Waals surface area contributed by atoms with Crippen LogP contribution in [0.1, 0.15) is 5.56 Å². The maximum atomic E-state index is 10.7. The highest BCUT2D eigenvalue weighted by atomic mass is 79.9. The molecule has 0 saturated carbocycles. The van der Waals surface area contributed by atoms with Crippen molar-refractivity contribution >= 4 is 55.1 Å². The highest BCUT2D eigenvalue weighted by Gasteiger charge is 2.05. The third-order valence-electron chi connectivity index (χ3n) is 2.78. The number of halogens is 3. The molecular weight excluding hydrogens is 435 g/mol. The summed E-state index contributed by atoms with van der Waals surface area (Å²) in [6.07, 6.45) is 0. The van der Waals surface area contributed by atoms with Crippen molar-refractivity contribution in [2.45, 2.75) is 6.54 Å². The quantitative estimate of drug-likeness (QED) is 0.691. The van der Waals surface area contributed by atoms with Gasteiger partial charge in [-0.1, -0.05) is 17.7 Å². The van der Waals surface area contributed by atoms with Gasteiger partial charge in [-0.05, 0) is 67.8 Å². The van der Waals surface area contributed by atoms with E-state index >= 15 is 0 Å². The lowest BCUT2D eigenvalue weighted by molar-refractivity contribution is -0.119. The molecule has 4 nitrogen and oxygen atoms in total. The summed E-state index contributed by atoms with van der Waals surface area (Å²) in [5.74, 6) is 0.0685. The summed E-state index contributed by atoms with van der Waals surface area (Å²) < 4.78 is 6.91. The van der Waals surface area contributed by atoms with Gasteiger partial charge in [0.15, 0.2) is 6.61 Å². The van der Waals surface area contributed by atoms with Crippen LogP contribution < -0.4 is 15.8 Å². The molecule has 0 aliphatic rings. The number of nitrogens with two attached hydrogens (primary N) is 1. The lowest BCUT2D eigenvalue weighted by Gasteiger charge is -2.10. The largest absolute Gasteiger partial charge is 0.483 e. The number of nitrogens with one attached hydrogen (secondary N) is 1. The van der Waals surface area contributed by atoms with Crippen LogP contribution in [-0.2, 0) is 11.3 Å². The van der Waals surface area contributed by atoms with Gasteiger partial charge in [0.1, 0.15) is 5.75 Å². The smallest absolute Gasteiger partial charge is 0.255 e. The fourth-order valence-corrected chi connectivity index (χ4v) is 2.70. The van der Waals surface area contributed by atoms with E-state index in [0.29, 0.717) is 17.3 Å². The molecule has 0 aliphatic carbocycles. The molecule has 0 aliphatic heterocycles. The van der Waals surface area contributed by atoms with Gasteiger partial charge in [-0.25, -0.2) is 0 Å². The van der Waals surface area contributed by atoms with Crippen LogP contribution in [0, 0.1) is 0 Å². The van der Waals surface area contributed by atoms with E-state index in [-0.39, 0.29) is 6.61 Å². The van der Waals surface area contributed by atoms with Gasteiger partial charge in [0.05, 0.1) is 9.50 Å². The molecule has 2 rings (SSSR count). The van der Waals surface area contributed by atoms with E-state index < -0.39 is 5.91 Å². The standard InChI is InChI=1S/C15H13Br2ClN2O2/c16-11-3-2-10(6-13(11)18)20-7-9-1-4-14(12(17)5-9)22-8-15(19)21/h1-6,20H,7-8H2,(H2,19,21). The van der Waals surface area contributed by atoms with Crippen LogP contribution >= 0.6 is 43.5 Å². The Morgan fingerprint density at radius 3 is 2.59 bits per heavy atom. The van der Waals surface area contributed by atoms with E-state index in [1.54, 1.807) is 6.07 Å². The number of hydrogen-bond donors (Lipinski definition) is 2. The van der Waals surface area contributed by atoms with Crippen LogP contribution in [0.4, 0.5) is 5.69 Å². The van der Waals surface area contributed by atoms with Crippen LogP contribution in [0.5, 0.6) is 5.75 Å². The minimum Gasteiger partial charge on any atom is -0.483 e. The number of amides is 1. The molecule has 0 aromatic heterocycles. The van der Waals surface area contributed by atoms with Crippen molar-refractivity contribution in [3.8, 4) is 5.75 Å². The van der Waals surface area contributed by atoms with Gasteiger partial charge in [0.25, 0.3) is 5.91 Å². The average molecular weight is 449 g/mol. The number of anilines is 1. The van der Waals surface area contributed by atoms with Crippen molar-refractivity contribution in [3.05, 3.63) is 55.9 Å². The van der Waals surface area contributed by atoms with Gasteiger partial charge in [-0.3, -0.25) is 4.79 Å². The molecule has 0 heterocycles. The fourth-order valence-electron chi connectivity index (χ4n) is 1.73. The van der Waals surface area contributed by atoms with Gasteiger partial charge in [-0.15, -0.1) is 0 Å². The molecule has 0 fully saturated rings. The summed E-state index contributed by atoms with van der Waals surface area (Å²) in [6, 6.07) is 11.3. The van der Waals surface area contributed by atoms with Crippen molar-refractivity contribution in [1.82, 2.24) is 0 Å². The zero-order chi connectivity index (χ0) is 16.1. The maximum Gasteiger partial charge on any atom is 0.255 e. The van der Waals surface area contributed by atoms with E-state index in [1.165, 1.54) is 0 Å². The zero-order valence-corrected chi connectivity index (χ0v) is 15.3. The van der Waals surface area contributed by atoms with Crippen molar-refractivity contribution < 1.29 is 9.53 Å². The van der Waals surface area contributed by atoms with Gasteiger partial charge in [0.2, 0.25) is 0 Å². The number of primary amides is 1. The summed E-state index contributed by atoms with van der Waals surface area (Å²) in [5, 5.41) is 3.94. The molecule has 0 saturated heterocycles. The van der Waals surface area contributed by atoms with Crippen LogP contribution in [0.15, 0.2) is 45.3 Å². The first-order valence-corrected chi connectivity index (χ1v) is 8.30. The second-order valence-corrected chi connectivity index (χ2v) is 6.62. The average Bonchev–Trinajstić information content (AvgIpc) is 2.47. The Labute approximate surface area is 150 Å². The normalized spacial score (nSPS) is 10.3. The minimum absolute atomic E-state index is 0.145. The van der Waals surface area contributed by atoms with Crippen molar-refractivity contribution in [3.63, 3.8) is 0 Å². The van der Waals surface area contributed by atoms with Gasteiger partial charge in [-0.2, -0.15) is 0 Å². The second-order valence-electron chi connectivity index (χ2n) is 4.50. The lowest BCUT2D eigenvalue weighted by Crippen LogP contribution is -2.20. The zero-order valence-electron chi connectivity index (χ0n) is 11.4. The SMILES string of the molecule is NC(=O)COc1ccc(CNc2ccc(Br)c(Cl)c2)cc1Br. The van der Waals surface area contributed by atoms with Crippen LogP contribution in [-0.4, -0.2) is 12.5 Å². The first-order chi connectivity index (χ1) is 10.5. The Kier molecular flexibility index (Phi) is 6.11. The Morgan fingerprint density at radius 1 is 1.18 bits per heavy atom. The van der Waals surface area contributed by atoms with Gasteiger partial charge < -0.3 is 15.8 Å². The monoisotopic (exact) mass is 446 g/mol. The molecular formula is C15H13Br2ClN2O2. The topological polar surface area (TPSA) is 64.4 Å². The van der Waals surface area contributed by atoms with E-state index in [2.05, 4.69) is 37.2 Å². The molecule has 0 spiro atoms. The molecule has 2 aromatic carbocycles. The maximum absolute atomic E-state index is 10.7. The number of ether oxygens (including phenoxy) is 1. The van der Waals surface area contributed by atoms with Gasteiger partial charge >= 0.3 is 0 Å². The molecule has 0 bridgehead atoms. The summed E-state index contributed by atoms with van der Waals surface area (Å²) in [7, 11) is 0. The Balaban J connectivity index is 1.99. The summed E-state index contributed by atoms with van der Waals surface area (Å²) in [4.78, 5) is 10.7. The van der Waals surface area contributed by atoms with E-state index in [4.69, 9.17) is 22.1 Å². The van der Waals surface area contributed by atoms with E-state index in [9.17, 15) is 4.79 Å². The van der Waals surface area contributed by atoms with Gasteiger partial charge in [0, 0.05) is 16.7 Å². The second kappa shape index (κ2) is 7.85. The first-order valence-electron chi connectivity index (χ1n) is 6.34. The van der Waals surface area contributed by atoms with Crippen LogP contribution in [0.3, 0.4) is 0 Å². The Morgan fingerprint density at radius 2 is 1.95 bits per heavy atom. The molecule has 1 amide bonds. The molecule has 0 unspecified atom stereocenters.